The Morgan fingerprint density at radius 2 is 2.25 bits per heavy atom. The molecule has 90 valence electrons. The summed E-state index contributed by atoms with van der Waals surface area (Å²) in [6, 6.07) is 0. The average Bonchev–Trinajstić information content (AvgIpc) is 2.84. The molecule has 1 fully saturated rings. The molecule has 1 heterocycles. The minimum atomic E-state index is -0.440. The van der Waals surface area contributed by atoms with Gasteiger partial charge >= 0.3 is 0 Å². The van der Waals surface area contributed by atoms with E-state index in [2.05, 4.69) is 14.9 Å². The summed E-state index contributed by atoms with van der Waals surface area (Å²) in [7, 11) is 0. The molecule has 0 bridgehead atoms. The van der Waals surface area contributed by atoms with E-state index in [-0.39, 0.29) is 0 Å². The fourth-order valence-corrected chi connectivity index (χ4v) is 2.37. The first-order valence-corrected chi connectivity index (χ1v) is 6.10. The monoisotopic (exact) mass is 223 g/mol. The van der Waals surface area contributed by atoms with Crippen molar-refractivity contribution in [3.8, 4) is 0 Å². The summed E-state index contributed by atoms with van der Waals surface area (Å²) < 4.78 is 2.12. The summed E-state index contributed by atoms with van der Waals surface area (Å²) in [5.41, 5.74) is -0.440. The molecule has 1 aromatic rings. The van der Waals surface area contributed by atoms with Crippen molar-refractivity contribution < 1.29 is 5.11 Å². The second-order valence-electron chi connectivity index (χ2n) is 4.78. The molecule has 4 heteroatoms. The molecule has 1 saturated carbocycles. The van der Waals surface area contributed by atoms with E-state index < -0.39 is 5.60 Å². The molecule has 0 aliphatic heterocycles. The Hall–Kier alpha value is -0.870. The van der Waals surface area contributed by atoms with E-state index in [1.54, 1.807) is 0 Å². The van der Waals surface area contributed by atoms with Crippen molar-refractivity contribution >= 4 is 0 Å². The van der Waals surface area contributed by atoms with E-state index in [9.17, 15) is 5.11 Å². The molecule has 0 atom stereocenters. The highest BCUT2D eigenvalue weighted by molar-refractivity contribution is 4.89. The van der Waals surface area contributed by atoms with Gasteiger partial charge in [-0.2, -0.15) is 0 Å². The number of nitrogens with one attached hydrogen (secondary N) is 1. The Bertz CT molecular complexity index is 329. The summed E-state index contributed by atoms with van der Waals surface area (Å²) >= 11 is 0. The van der Waals surface area contributed by atoms with Crippen molar-refractivity contribution in [2.24, 2.45) is 0 Å². The van der Waals surface area contributed by atoms with Crippen LogP contribution in [0.25, 0.3) is 0 Å². The Kier molecular flexibility index (Phi) is 3.61. The van der Waals surface area contributed by atoms with E-state index in [4.69, 9.17) is 0 Å². The summed E-state index contributed by atoms with van der Waals surface area (Å²) in [5.74, 6) is 1.04. The lowest BCUT2D eigenvalue weighted by Gasteiger charge is -2.22. The molecular formula is C12H21N3O. The quantitative estimate of drug-likeness (QED) is 0.735. The van der Waals surface area contributed by atoms with Gasteiger partial charge in [-0.3, -0.25) is 0 Å². The van der Waals surface area contributed by atoms with Crippen LogP contribution in [0.3, 0.4) is 0 Å². The minimum Gasteiger partial charge on any atom is -0.389 e. The second-order valence-corrected chi connectivity index (χ2v) is 4.78. The van der Waals surface area contributed by atoms with Gasteiger partial charge < -0.3 is 15.0 Å². The van der Waals surface area contributed by atoms with E-state index in [1.165, 1.54) is 12.8 Å². The zero-order valence-corrected chi connectivity index (χ0v) is 9.95. The third-order valence-corrected chi connectivity index (χ3v) is 3.44. The molecule has 1 aromatic heterocycles. The van der Waals surface area contributed by atoms with Crippen molar-refractivity contribution in [3.63, 3.8) is 0 Å². The van der Waals surface area contributed by atoms with Crippen molar-refractivity contribution in [2.75, 3.05) is 13.1 Å². The largest absolute Gasteiger partial charge is 0.389 e. The van der Waals surface area contributed by atoms with E-state index in [1.807, 2.05) is 19.3 Å². The van der Waals surface area contributed by atoms with Crippen LogP contribution < -0.4 is 5.32 Å². The number of hydrogen-bond acceptors (Lipinski definition) is 3. The zero-order chi connectivity index (χ0) is 11.4. The molecule has 0 aromatic carbocycles. The SMILES string of the molecule is Cc1nccn1CCNCC1(O)CCCC1. The number of nitrogens with zero attached hydrogens (tertiary/aromatic N) is 2. The summed E-state index contributed by atoms with van der Waals surface area (Å²) in [4.78, 5) is 4.17. The van der Waals surface area contributed by atoms with Gasteiger partial charge in [0, 0.05) is 32.0 Å². The molecule has 2 N–H and O–H groups in total. The first-order valence-electron chi connectivity index (χ1n) is 6.10. The highest BCUT2D eigenvalue weighted by Gasteiger charge is 2.30. The fourth-order valence-electron chi connectivity index (χ4n) is 2.37. The van der Waals surface area contributed by atoms with Gasteiger partial charge in [0.1, 0.15) is 5.82 Å². The normalized spacial score (nSPS) is 19.1. The van der Waals surface area contributed by atoms with Gasteiger partial charge in [-0.25, -0.2) is 4.98 Å². The van der Waals surface area contributed by atoms with E-state index >= 15 is 0 Å². The lowest BCUT2D eigenvalue weighted by atomic mass is 10.0. The van der Waals surface area contributed by atoms with Crippen LogP contribution in [0.5, 0.6) is 0 Å². The van der Waals surface area contributed by atoms with Gasteiger partial charge in [0.2, 0.25) is 0 Å². The number of aliphatic hydroxyl groups is 1. The Morgan fingerprint density at radius 1 is 1.50 bits per heavy atom. The van der Waals surface area contributed by atoms with Crippen LogP contribution in [0, 0.1) is 6.92 Å². The number of aryl methyl sites for hydroxylation is 1. The van der Waals surface area contributed by atoms with Crippen LogP contribution in [0.4, 0.5) is 0 Å². The van der Waals surface area contributed by atoms with Crippen LogP contribution in [0.15, 0.2) is 12.4 Å². The van der Waals surface area contributed by atoms with E-state index in [0.29, 0.717) is 0 Å². The highest BCUT2D eigenvalue weighted by Crippen LogP contribution is 2.28. The zero-order valence-electron chi connectivity index (χ0n) is 9.95. The molecule has 0 radical (unpaired) electrons. The first-order chi connectivity index (χ1) is 7.70. The maximum absolute atomic E-state index is 10.1. The molecule has 0 unspecified atom stereocenters. The molecule has 2 rings (SSSR count). The Morgan fingerprint density at radius 3 is 2.88 bits per heavy atom. The molecule has 0 spiro atoms. The lowest BCUT2D eigenvalue weighted by molar-refractivity contribution is 0.0477. The van der Waals surface area contributed by atoms with Gasteiger partial charge in [-0.1, -0.05) is 12.8 Å². The predicted molar refractivity (Wildman–Crippen MR) is 63.3 cm³/mol. The van der Waals surface area contributed by atoms with Crippen LogP contribution in [-0.2, 0) is 6.54 Å². The Balaban J connectivity index is 1.67. The van der Waals surface area contributed by atoms with Crippen LogP contribution in [-0.4, -0.2) is 33.3 Å². The summed E-state index contributed by atoms with van der Waals surface area (Å²) in [5, 5.41) is 13.5. The summed E-state index contributed by atoms with van der Waals surface area (Å²) in [6.07, 6.45) is 8.03. The second kappa shape index (κ2) is 4.97. The van der Waals surface area contributed by atoms with E-state index in [0.717, 1.165) is 38.3 Å². The third-order valence-electron chi connectivity index (χ3n) is 3.44. The first kappa shape index (κ1) is 11.6. The fraction of sp³-hybridized carbons (Fsp3) is 0.750. The third kappa shape index (κ3) is 2.83. The molecule has 16 heavy (non-hydrogen) atoms. The molecule has 1 aliphatic carbocycles. The van der Waals surface area contributed by atoms with Crippen LogP contribution in [0.2, 0.25) is 0 Å². The van der Waals surface area contributed by atoms with Gasteiger partial charge in [0.15, 0.2) is 0 Å². The maximum atomic E-state index is 10.1. The Labute approximate surface area is 96.7 Å². The predicted octanol–water partition coefficient (Wildman–Crippen LogP) is 1.09. The van der Waals surface area contributed by atoms with Crippen molar-refractivity contribution in [1.82, 2.24) is 14.9 Å². The number of hydrogen-bond donors (Lipinski definition) is 2. The van der Waals surface area contributed by atoms with Crippen LogP contribution >= 0.6 is 0 Å². The molecular weight excluding hydrogens is 202 g/mol. The van der Waals surface area contributed by atoms with Gasteiger partial charge in [0.25, 0.3) is 0 Å². The number of aromatic nitrogens is 2. The molecule has 4 nitrogen and oxygen atoms in total. The molecule has 0 amide bonds. The smallest absolute Gasteiger partial charge is 0.105 e. The summed E-state index contributed by atoms with van der Waals surface area (Å²) in [6.45, 7) is 4.53. The maximum Gasteiger partial charge on any atom is 0.105 e. The van der Waals surface area contributed by atoms with Crippen molar-refractivity contribution in [2.45, 2.75) is 44.8 Å². The van der Waals surface area contributed by atoms with Crippen molar-refractivity contribution in [3.05, 3.63) is 18.2 Å². The van der Waals surface area contributed by atoms with Gasteiger partial charge in [0.05, 0.1) is 5.60 Å². The topological polar surface area (TPSA) is 50.1 Å². The van der Waals surface area contributed by atoms with Crippen LogP contribution in [0.1, 0.15) is 31.5 Å². The molecule has 0 saturated heterocycles. The van der Waals surface area contributed by atoms with Gasteiger partial charge in [-0.05, 0) is 19.8 Å². The average molecular weight is 223 g/mol. The number of rotatable bonds is 5. The minimum absolute atomic E-state index is 0.440. The highest BCUT2D eigenvalue weighted by atomic mass is 16.3. The standard InChI is InChI=1S/C12H21N3O/c1-11-14-7-9-15(11)8-6-13-10-12(16)4-2-3-5-12/h7,9,13,16H,2-6,8,10H2,1H3. The van der Waals surface area contributed by atoms with Crippen molar-refractivity contribution in [1.29, 1.82) is 0 Å². The lowest BCUT2D eigenvalue weighted by Crippen LogP contribution is -2.39. The number of imidazole rings is 1. The van der Waals surface area contributed by atoms with Gasteiger partial charge in [-0.15, -0.1) is 0 Å². The molecule has 1 aliphatic rings.